The molecule has 6 N–H and O–H groups in total. The molecule has 1 aromatic heterocycles. The highest BCUT2D eigenvalue weighted by Gasteiger charge is 2.49. The number of nitrogens with one attached hydrogen (secondary N) is 1. The summed E-state index contributed by atoms with van der Waals surface area (Å²) in [6.07, 6.45) is 1.31. The van der Waals surface area contributed by atoms with Gasteiger partial charge in [-0.25, -0.2) is 4.68 Å². The van der Waals surface area contributed by atoms with Crippen LogP contribution in [0.15, 0.2) is 6.20 Å². The molecule has 2 aliphatic heterocycles. The second-order valence-corrected chi connectivity index (χ2v) is 10.1. The van der Waals surface area contributed by atoms with Gasteiger partial charge in [-0.15, -0.1) is 16.9 Å². The highest BCUT2D eigenvalue weighted by atomic mass is 32.2. The summed E-state index contributed by atoms with van der Waals surface area (Å²) in [5.41, 5.74) is 5.51. The molecule has 2 fully saturated rings. The fourth-order valence-corrected chi connectivity index (χ4v) is 5.58. The maximum absolute atomic E-state index is 13.4. The molecule has 0 bridgehead atoms. The number of ether oxygens (including phenoxy) is 1. The van der Waals surface area contributed by atoms with Gasteiger partial charge in [0.1, 0.15) is 29.9 Å². The minimum atomic E-state index is -1.41. The zero-order valence-electron chi connectivity index (χ0n) is 19.7. The predicted octanol–water partition coefficient (Wildman–Crippen LogP) is -0.926. The molecule has 3 heterocycles. The highest BCUT2D eigenvalue weighted by molar-refractivity contribution is 7.99. The summed E-state index contributed by atoms with van der Waals surface area (Å²) < 4.78 is 7.58. The summed E-state index contributed by atoms with van der Waals surface area (Å²) in [6.45, 7) is 5.05. The number of thioether (sulfide) groups is 1. The van der Waals surface area contributed by atoms with Crippen LogP contribution in [0.3, 0.4) is 0 Å². The molecular formula is C21H38N6O5S. The predicted molar refractivity (Wildman–Crippen MR) is 124 cm³/mol. The standard InChI is InChI=1S/C21H38N6O5S/c1-5-6-12-7-14(26(3)9-12)20(31)23-15(11(2)27-10-13(8-22)24-25-27)19-17(29)16(28)18(30)21(32-19)33-4/h10-12,14-19,21,28-30H,5-9,22H2,1-4H3,(H,23,31)/t11-,12+,14-,15+,16?,17?,18+,19-,21?/m0/s1. The van der Waals surface area contributed by atoms with Gasteiger partial charge in [-0.3, -0.25) is 9.69 Å². The third-order valence-electron chi connectivity index (χ3n) is 6.84. The minimum absolute atomic E-state index is 0.163. The summed E-state index contributed by atoms with van der Waals surface area (Å²) in [4.78, 5) is 15.4. The zero-order valence-corrected chi connectivity index (χ0v) is 20.6. The fraction of sp³-hybridized carbons (Fsp3) is 0.857. The Morgan fingerprint density at radius 2 is 2.09 bits per heavy atom. The number of aliphatic hydroxyl groups excluding tert-OH is 3. The van der Waals surface area contributed by atoms with Gasteiger partial charge in [0, 0.05) is 13.1 Å². The molecule has 2 saturated heterocycles. The van der Waals surface area contributed by atoms with Gasteiger partial charge < -0.3 is 31.1 Å². The van der Waals surface area contributed by atoms with E-state index in [2.05, 4.69) is 27.5 Å². The van der Waals surface area contributed by atoms with Crippen molar-refractivity contribution in [1.29, 1.82) is 0 Å². The molecule has 0 radical (unpaired) electrons. The van der Waals surface area contributed by atoms with Crippen LogP contribution in [0, 0.1) is 5.92 Å². The van der Waals surface area contributed by atoms with E-state index < -0.39 is 41.9 Å². The van der Waals surface area contributed by atoms with Gasteiger partial charge in [0.25, 0.3) is 0 Å². The molecule has 1 aromatic rings. The second-order valence-electron chi connectivity index (χ2n) is 9.19. The van der Waals surface area contributed by atoms with E-state index in [4.69, 9.17) is 10.5 Å². The highest BCUT2D eigenvalue weighted by Crippen LogP contribution is 2.32. The van der Waals surface area contributed by atoms with Gasteiger partial charge in [-0.1, -0.05) is 18.6 Å². The number of hydrogen-bond donors (Lipinski definition) is 5. The van der Waals surface area contributed by atoms with Crippen molar-refractivity contribution in [3.63, 3.8) is 0 Å². The fourth-order valence-electron chi connectivity index (χ4n) is 4.90. The lowest BCUT2D eigenvalue weighted by atomic mass is 9.91. The van der Waals surface area contributed by atoms with Crippen LogP contribution in [0.2, 0.25) is 0 Å². The number of aromatic nitrogens is 3. The smallest absolute Gasteiger partial charge is 0.237 e. The minimum Gasteiger partial charge on any atom is -0.388 e. The van der Waals surface area contributed by atoms with Crippen LogP contribution in [0.25, 0.3) is 0 Å². The van der Waals surface area contributed by atoms with E-state index in [1.165, 1.54) is 11.8 Å². The van der Waals surface area contributed by atoms with Gasteiger partial charge in [0.15, 0.2) is 0 Å². The Morgan fingerprint density at radius 1 is 1.36 bits per heavy atom. The molecule has 0 saturated carbocycles. The van der Waals surface area contributed by atoms with Gasteiger partial charge in [-0.2, -0.15) is 0 Å². The van der Waals surface area contributed by atoms with Crippen LogP contribution in [0.1, 0.15) is 44.8 Å². The molecule has 9 atom stereocenters. The molecule has 3 rings (SSSR count). The van der Waals surface area contributed by atoms with E-state index in [1.54, 1.807) is 17.1 Å². The van der Waals surface area contributed by atoms with Crippen molar-refractivity contribution in [3.8, 4) is 0 Å². The lowest BCUT2D eigenvalue weighted by molar-refractivity contribution is -0.208. The topological polar surface area (TPSA) is 159 Å². The summed E-state index contributed by atoms with van der Waals surface area (Å²) in [6, 6.07) is -1.50. The molecule has 0 spiro atoms. The SMILES string of the molecule is CCC[C@@H]1C[C@@H](C(=O)N[C@@H]([C@@H]2OC(SC)[C@H](O)C(O)C2O)[C@H](C)n2cc(CN)nn2)N(C)C1. The Hall–Kier alpha value is -1.28. The number of amides is 1. The maximum Gasteiger partial charge on any atom is 0.237 e. The Bertz CT molecular complexity index is 782. The molecule has 12 heteroatoms. The lowest BCUT2D eigenvalue weighted by Gasteiger charge is -2.44. The van der Waals surface area contributed by atoms with Gasteiger partial charge in [0.2, 0.25) is 5.91 Å². The normalized spacial score (nSPS) is 34.8. The van der Waals surface area contributed by atoms with Crippen molar-refractivity contribution < 1.29 is 24.9 Å². The van der Waals surface area contributed by atoms with E-state index in [0.29, 0.717) is 11.6 Å². The number of nitrogens with zero attached hydrogens (tertiary/aromatic N) is 4. The van der Waals surface area contributed by atoms with Crippen molar-refractivity contribution in [3.05, 3.63) is 11.9 Å². The summed E-state index contributed by atoms with van der Waals surface area (Å²) >= 11 is 1.23. The van der Waals surface area contributed by atoms with Crippen LogP contribution >= 0.6 is 11.8 Å². The van der Waals surface area contributed by atoms with Crippen molar-refractivity contribution in [2.45, 2.75) is 87.6 Å². The molecular weight excluding hydrogens is 448 g/mol. The zero-order chi connectivity index (χ0) is 24.3. The number of carbonyl (C=O) groups excluding carboxylic acids is 1. The maximum atomic E-state index is 13.4. The molecule has 188 valence electrons. The van der Waals surface area contributed by atoms with Crippen molar-refractivity contribution in [1.82, 2.24) is 25.2 Å². The van der Waals surface area contributed by atoms with E-state index >= 15 is 0 Å². The van der Waals surface area contributed by atoms with E-state index in [1.807, 2.05) is 14.0 Å². The summed E-state index contributed by atoms with van der Waals surface area (Å²) in [5.74, 6) is 0.299. The average Bonchev–Trinajstić information content (AvgIpc) is 3.43. The van der Waals surface area contributed by atoms with E-state index in [9.17, 15) is 20.1 Å². The first-order chi connectivity index (χ1) is 15.7. The average molecular weight is 487 g/mol. The molecule has 1 amide bonds. The quantitative estimate of drug-likeness (QED) is 0.295. The number of aliphatic hydroxyl groups is 3. The van der Waals surface area contributed by atoms with Crippen LogP contribution in [-0.4, -0.2) is 103 Å². The largest absolute Gasteiger partial charge is 0.388 e. The lowest BCUT2D eigenvalue weighted by Crippen LogP contribution is -2.64. The number of likely N-dealkylation sites (tertiary alicyclic amines) is 1. The van der Waals surface area contributed by atoms with Crippen molar-refractivity contribution in [2.24, 2.45) is 11.7 Å². The number of hydrogen-bond acceptors (Lipinski definition) is 10. The Kier molecular flexibility index (Phi) is 9.12. The van der Waals surface area contributed by atoms with Crippen molar-refractivity contribution >= 4 is 17.7 Å². The van der Waals surface area contributed by atoms with Gasteiger partial charge in [-0.05, 0) is 39.0 Å². The Morgan fingerprint density at radius 3 is 2.70 bits per heavy atom. The molecule has 0 aliphatic carbocycles. The van der Waals surface area contributed by atoms with Crippen LogP contribution < -0.4 is 11.1 Å². The number of likely N-dealkylation sites (N-methyl/N-ethyl adjacent to an activating group) is 1. The monoisotopic (exact) mass is 486 g/mol. The van der Waals surface area contributed by atoms with E-state index in [-0.39, 0.29) is 18.5 Å². The van der Waals surface area contributed by atoms with Gasteiger partial charge >= 0.3 is 0 Å². The van der Waals surface area contributed by atoms with E-state index in [0.717, 1.165) is 25.8 Å². The first kappa shape index (κ1) is 26.3. The third-order valence-corrected chi connectivity index (χ3v) is 7.69. The van der Waals surface area contributed by atoms with Crippen LogP contribution in [0.5, 0.6) is 0 Å². The number of rotatable bonds is 9. The van der Waals surface area contributed by atoms with Crippen LogP contribution in [-0.2, 0) is 16.1 Å². The van der Waals surface area contributed by atoms with Crippen LogP contribution in [0.4, 0.5) is 0 Å². The Balaban J connectivity index is 1.86. The molecule has 0 aromatic carbocycles. The summed E-state index contributed by atoms with van der Waals surface area (Å²) in [5, 5.41) is 42.8. The molecule has 11 nitrogen and oxygen atoms in total. The third kappa shape index (κ3) is 5.69. The number of carbonyl (C=O) groups is 1. The molecule has 2 aliphatic rings. The Labute approximate surface area is 199 Å². The number of nitrogens with two attached hydrogens (primary N) is 1. The molecule has 3 unspecified atom stereocenters. The first-order valence-electron chi connectivity index (χ1n) is 11.6. The molecule has 33 heavy (non-hydrogen) atoms. The van der Waals surface area contributed by atoms with Gasteiger partial charge in [0.05, 0.1) is 30.0 Å². The summed E-state index contributed by atoms with van der Waals surface area (Å²) in [7, 11) is 1.94. The van der Waals surface area contributed by atoms with Crippen molar-refractivity contribution in [2.75, 3.05) is 19.8 Å². The first-order valence-corrected chi connectivity index (χ1v) is 12.8. The second kappa shape index (κ2) is 11.4.